The summed E-state index contributed by atoms with van der Waals surface area (Å²) >= 11 is 0. The van der Waals surface area contributed by atoms with Crippen LogP contribution in [0, 0.1) is 0 Å². The van der Waals surface area contributed by atoms with Crippen molar-refractivity contribution in [1.29, 1.82) is 0 Å². The molecule has 4 N–H and O–H groups in total. The molecule has 2 rings (SSSR count). The molecule has 0 saturated carbocycles. The number of phenols is 1. The molecular formula is C11H10N2O4. The van der Waals surface area contributed by atoms with Gasteiger partial charge in [0, 0.05) is 11.7 Å². The molecule has 0 bridgehead atoms. The van der Waals surface area contributed by atoms with Crippen LogP contribution in [0.25, 0.3) is 10.9 Å². The van der Waals surface area contributed by atoms with Crippen LogP contribution in [0.3, 0.4) is 0 Å². The highest BCUT2D eigenvalue weighted by atomic mass is 16.4. The van der Waals surface area contributed by atoms with E-state index < -0.39 is 18.4 Å². The Hall–Kier alpha value is -2.50. The number of aliphatic carboxylic acids is 1. The number of carbonyl (C=O) groups excluding carboxylic acids is 1. The molecule has 0 unspecified atom stereocenters. The molecule has 2 aromatic rings. The predicted molar refractivity (Wildman–Crippen MR) is 59.9 cm³/mol. The number of hydrogen-bond donors (Lipinski definition) is 4. The molecule has 0 radical (unpaired) electrons. The molecular weight excluding hydrogens is 224 g/mol. The summed E-state index contributed by atoms with van der Waals surface area (Å²) < 4.78 is 0. The Bertz CT molecular complexity index is 588. The summed E-state index contributed by atoms with van der Waals surface area (Å²) in [7, 11) is 0. The first kappa shape index (κ1) is 11.0. The van der Waals surface area contributed by atoms with E-state index in [2.05, 4.69) is 10.3 Å². The van der Waals surface area contributed by atoms with Crippen molar-refractivity contribution in [3.05, 3.63) is 30.0 Å². The molecule has 0 fully saturated rings. The number of phenolic OH excluding ortho intramolecular Hbond substituents is 1. The zero-order chi connectivity index (χ0) is 12.4. The summed E-state index contributed by atoms with van der Waals surface area (Å²) in [5, 5.41) is 20.7. The van der Waals surface area contributed by atoms with Crippen LogP contribution in [0.4, 0.5) is 0 Å². The lowest BCUT2D eigenvalue weighted by atomic mass is 10.1. The minimum Gasteiger partial charge on any atom is -0.507 e. The highest BCUT2D eigenvalue weighted by Crippen LogP contribution is 2.27. The number of aromatic amines is 1. The second kappa shape index (κ2) is 4.17. The largest absolute Gasteiger partial charge is 0.507 e. The molecule has 0 saturated heterocycles. The lowest BCUT2D eigenvalue weighted by Crippen LogP contribution is -2.29. The molecule has 1 aromatic heterocycles. The Morgan fingerprint density at radius 3 is 2.82 bits per heavy atom. The van der Waals surface area contributed by atoms with Gasteiger partial charge in [-0.25, -0.2) is 0 Å². The molecule has 0 aliphatic heterocycles. The zero-order valence-corrected chi connectivity index (χ0v) is 8.73. The van der Waals surface area contributed by atoms with Crippen molar-refractivity contribution < 1.29 is 19.8 Å². The molecule has 6 heteroatoms. The lowest BCUT2D eigenvalue weighted by Gasteiger charge is -2.01. The Balaban J connectivity index is 2.36. The van der Waals surface area contributed by atoms with Gasteiger partial charge >= 0.3 is 5.97 Å². The van der Waals surface area contributed by atoms with Gasteiger partial charge in [-0.3, -0.25) is 9.59 Å². The van der Waals surface area contributed by atoms with Crippen molar-refractivity contribution in [3.8, 4) is 5.75 Å². The van der Waals surface area contributed by atoms with Crippen LogP contribution in [0.2, 0.25) is 0 Å². The van der Waals surface area contributed by atoms with Gasteiger partial charge in [0.1, 0.15) is 12.3 Å². The number of amides is 1. The van der Waals surface area contributed by atoms with Crippen LogP contribution >= 0.6 is 0 Å². The van der Waals surface area contributed by atoms with E-state index in [1.165, 1.54) is 12.3 Å². The van der Waals surface area contributed by atoms with Crippen molar-refractivity contribution in [2.45, 2.75) is 0 Å². The number of aromatic hydroxyl groups is 1. The standard InChI is InChI=1S/C11H10N2O4/c14-8-3-1-2-7-10(8)6(4-12-7)11(17)13-5-9(15)16/h1-4,12,14H,5H2,(H,13,17)(H,15,16). The molecule has 6 nitrogen and oxygen atoms in total. The van der Waals surface area contributed by atoms with E-state index in [1.54, 1.807) is 12.1 Å². The normalized spacial score (nSPS) is 10.4. The maximum absolute atomic E-state index is 11.7. The third-order valence-electron chi connectivity index (χ3n) is 2.33. The molecule has 0 aliphatic rings. The van der Waals surface area contributed by atoms with Gasteiger partial charge in [-0.15, -0.1) is 0 Å². The third kappa shape index (κ3) is 2.05. The maximum atomic E-state index is 11.7. The topological polar surface area (TPSA) is 102 Å². The Morgan fingerprint density at radius 1 is 1.35 bits per heavy atom. The van der Waals surface area contributed by atoms with Crippen molar-refractivity contribution in [2.24, 2.45) is 0 Å². The van der Waals surface area contributed by atoms with Gasteiger partial charge in [-0.05, 0) is 12.1 Å². The summed E-state index contributed by atoms with van der Waals surface area (Å²) in [6.07, 6.45) is 1.43. The van der Waals surface area contributed by atoms with Gasteiger partial charge in [0.05, 0.1) is 10.9 Å². The number of fused-ring (bicyclic) bond motifs is 1. The minimum atomic E-state index is -1.12. The van der Waals surface area contributed by atoms with Crippen molar-refractivity contribution >= 4 is 22.8 Å². The minimum absolute atomic E-state index is 0.0239. The SMILES string of the molecule is O=C(O)CNC(=O)c1c[nH]c2cccc(O)c12. The van der Waals surface area contributed by atoms with Gasteiger partial charge in [-0.1, -0.05) is 6.07 Å². The van der Waals surface area contributed by atoms with Crippen LogP contribution in [-0.2, 0) is 4.79 Å². The number of carboxylic acids is 1. The van der Waals surface area contributed by atoms with Crippen LogP contribution < -0.4 is 5.32 Å². The number of rotatable bonds is 3. The third-order valence-corrected chi connectivity index (χ3v) is 2.33. The fourth-order valence-electron chi connectivity index (χ4n) is 1.60. The Labute approximate surface area is 95.9 Å². The monoisotopic (exact) mass is 234 g/mol. The summed E-state index contributed by atoms with van der Waals surface area (Å²) in [5.41, 5.74) is 0.838. The van der Waals surface area contributed by atoms with Gasteiger partial charge in [0.15, 0.2) is 0 Å². The summed E-state index contributed by atoms with van der Waals surface area (Å²) in [5.74, 6) is -1.69. The Morgan fingerprint density at radius 2 is 2.12 bits per heavy atom. The first-order valence-corrected chi connectivity index (χ1v) is 4.88. The van der Waals surface area contributed by atoms with Crippen LogP contribution in [0.15, 0.2) is 24.4 Å². The predicted octanol–water partition coefficient (Wildman–Crippen LogP) is 0.688. The van der Waals surface area contributed by atoms with E-state index in [0.29, 0.717) is 10.9 Å². The van der Waals surface area contributed by atoms with E-state index in [1.807, 2.05) is 0 Å². The molecule has 88 valence electrons. The average molecular weight is 234 g/mol. The second-order valence-corrected chi connectivity index (χ2v) is 3.48. The van der Waals surface area contributed by atoms with E-state index in [0.717, 1.165) is 0 Å². The van der Waals surface area contributed by atoms with E-state index >= 15 is 0 Å². The molecule has 0 spiro atoms. The number of nitrogens with one attached hydrogen (secondary N) is 2. The number of benzene rings is 1. The van der Waals surface area contributed by atoms with Gasteiger partial charge < -0.3 is 20.5 Å². The summed E-state index contributed by atoms with van der Waals surface area (Å²) in [6.45, 7) is -0.459. The smallest absolute Gasteiger partial charge is 0.322 e. The number of H-pyrrole nitrogens is 1. The second-order valence-electron chi connectivity index (χ2n) is 3.48. The lowest BCUT2D eigenvalue weighted by molar-refractivity contribution is -0.135. The molecule has 0 aliphatic carbocycles. The van der Waals surface area contributed by atoms with Crippen molar-refractivity contribution in [1.82, 2.24) is 10.3 Å². The average Bonchev–Trinajstić information content (AvgIpc) is 2.71. The fourth-order valence-corrected chi connectivity index (χ4v) is 1.60. The highest BCUT2D eigenvalue weighted by molar-refractivity contribution is 6.09. The number of carboxylic acid groups (broad SMARTS) is 1. The first-order chi connectivity index (χ1) is 8.09. The van der Waals surface area contributed by atoms with Crippen LogP contribution in [-0.4, -0.2) is 33.6 Å². The van der Waals surface area contributed by atoms with E-state index in [9.17, 15) is 14.7 Å². The van der Waals surface area contributed by atoms with Crippen molar-refractivity contribution in [2.75, 3.05) is 6.54 Å². The summed E-state index contributed by atoms with van der Waals surface area (Å²) in [6, 6.07) is 4.82. The molecule has 0 atom stereocenters. The van der Waals surface area contributed by atoms with Gasteiger partial charge in [-0.2, -0.15) is 0 Å². The van der Waals surface area contributed by atoms with Gasteiger partial charge in [0.25, 0.3) is 5.91 Å². The van der Waals surface area contributed by atoms with Crippen molar-refractivity contribution in [3.63, 3.8) is 0 Å². The molecule has 1 heterocycles. The van der Waals surface area contributed by atoms with Gasteiger partial charge in [0.2, 0.25) is 0 Å². The maximum Gasteiger partial charge on any atom is 0.322 e. The van der Waals surface area contributed by atoms with Crippen LogP contribution in [0.1, 0.15) is 10.4 Å². The molecule has 1 amide bonds. The quantitative estimate of drug-likeness (QED) is 0.627. The van der Waals surface area contributed by atoms with E-state index in [4.69, 9.17) is 5.11 Å². The molecule has 17 heavy (non-hydrogen) atoms. The highest BCUT2D eigenvalue weighted by Gasteiger charge is 2.15. The number of hydrogen-bond acceptors (Lipinski definition) is 3. The fraction of sp³-hybridized carbons (Fsp3) is 0.0909. The van der Waals surface area contributed by atoms with Crippen LogP contribution in [0.5, 0.6) is 5.75 Å². The molecule has 1 aromatic carbocycles. The number of aromatic nitrogens is 1. The number of carbonyl (C=O) groups is 2. The summed E-state index contributed by atoms with van der Waals surface area (Å²) in [4.78, 5) is 24.8. The Kier molecular flexibility index (Phi) is 2.70. The first-order valence-electron chi connectivity index (χ1n) is 4.88. The zero-order valence-electron chi connectivity index (χ0n) is 8.73. The van der Waals surface area contributed by atoms with E-state index in [-0.39, 0.29) is 11.3 Å².